The van der Waals surface area contributed by atoms with Gasteiger partial charge in [0.15, 0.2) is 5.78 Å². The van der Waals surface area contributed by atoms with Crippen molar-refractivity contribution in [2.75, 3.05) is 0 Å². The quantitative estimate of drug-likeness (QED) is 0.458. The summed E-state index contributed by atoms with van der Waals surface area (Å²) in [4.78, 5) is 11.7. The third-order valence-corrected chi connectivity index (χ3v) is 3.84. The molecule has 0 spiro atoms. The maximum Gasteiger partial charge on any atom is 0.160 e. The predicted molar refractivity (Wildman–Crippen MR) is 79.2 cm³/mol. The molecule has 0 aliphatic rings. The molecule has 3 aromatic carbocycles. The molecule has 0 amide bonds. The van der Waals surface area contributed by atoms with Gasteiger partial charge in [-0.3, -0.25) is 4.79 Å². The molecule has 0 unspecified atom stereocenters. The van der Waals surface area contributed by atoms with Crippen LogP contribution in [0.2, 0.25) is 0 Å². The monoisotopic (exact) mass is 298 g/mol. The largest absolute Gasteiger partial charge is 0.294 e. The number of carbonyl (C=O) groups is 1. The third-order valence-electron chi connectivity index (χ3n) is 3.22. The minimum absolute atomic E-state index is 0.0941. The Hall–Kier alpha value is -1.67. The topological polar surface area (TPSA) is 17.1 Å². The van der Waals surface area contributed by atoms with E-state index in [1.54, 1.807) is 6.92 Å². The number of hydrogen-bond donors (Lipinski definition) is 0. The van der Waals surface area contributed by atoms with Crippen LogP contribution < -0.4 is 0 Å². The van der Waals surface area contributed by atoms with Gasteiger partial charge in [-0.1, -0.05) is 58.4 Å². The van der Waals surface area contributed by atoms with Crippen molar-refractivity contribution in [1.29, 1.82) is 0 Å². The molecule has 0 bridgehead atoms. The summed E-state index contributed by atoms with van der Waals surface area (Å²) in [6.45, 7) is 1.61. The zero-order valence-corrected chi connectivity index (χ0v) is 11.5. The number of carbonyl (C=O) groups excluding carboxylic acids is 1. The molecule has 18 heavy (non-hydrogen) atoms. The van der Waals surface area contributed by atoms with Gasteiger partial charge in [0.2, 0.25) is 0 Å². The molecule has 3 rings (SSSR count). The van der Waals surface area contributed by atoms with Crippen molar-refractivity contribution in [3.63, 3.8) is 0 Å². The van der Waals surface area contributed by atoms with Gasteiger partial charge in [-0.05, 0) is 29.1 Å². The molecule has 1 nitrogen and oxygen atoms in total. The molecule has 0 atom stereocenters. The first kappa shape index (κ1) is 11.4. The molecule has 0 N–H and O–H groups in total. The van der Waals surface area contributed by atoms with E-state index in [9.17, 15) is 4.79 Å². The molecule has 2 heteroatoms. The number of rotatable bonds is 1. The lowest BCUT2D eigenvalue weighted by Crippen LogP contribution is -1.94. The Labute approximate surface area is 114 Å². The second-order valence-corrected chi connectivity index (χ2v) is 5.22. The Kier molecular flexibility index (Phi) is 2.67. The molecule has 0 aromatic heterocycles. The van der Waals surface area contributed by atoms with Crippen molar-refractivity contribution in [2.24, 2.45) is 0 Å². The van der Waals surface area contributed by atoms with E-state index >= 15 is 0 Å². The van der Waals surface area contributed by atoms with Crippen LogP contribution in [0, 0.1) is 0 Å². The van der Waals surface area contributed by atoms with Crippen molar-refractivity contribution in [1.82, 2.24) is 0 Å². The number of hydrogen-bond acceptors (Lipinski definition) is 1. The van der Waals surface area contributed by atoms with E-state index in [1.165, 1.54) is 10.8 Å². The summed E-state index contributed by atoms with van der Waals surface area (Å²) < 4.78 is 0.974. The molecule has 0 saturated carbocycles. The average molecular weight is 299 g/mol. The first-order valence-electron chi connectivity index (χ1n) is 5.79. The minimum Gasteiger partial charge on any atom is -0.294 e. The standard InChI is InChI=1S/C16H11BrO/c1-10(18)12-7-4-8-14-13-6-3-2-5-11(13)9-15(17)16(12)14/h2-9H,1H3. The SMILES string of the molecule is CC(=O)c1cccc2c1c(Br)cc1ccccc12. The highest BCUT2D eigenvalue weighted by Gasteiger charge is 2.11. The second kappa shape index (κ2) is 4.21. The van der Waals surface area contributed by atoms with E-state index in [-0.39, 0.29) is 5.78 Å². The number of benzene rings is 3. The zero-order chi connectivity index (χ0) is 12.7. The fourth-order valence-corrected chi connectivity index (χ4v) is 3.08. The lowest BCUT2D eigenvalue weighted by atomic mass is 9.97. The van der Waals surface area contributed by atoms with Crippen molar-refractivity contribution in [2.45, 2.75) is 6.92 Å². The number of halogens is 1. The minimum atomic E-state index is 0.0941. The Morgan fingerprint density at radius 1 is 1.00 bits per heavy atom. The van der Waals surface area contributed by atoms with Gasteiger partial charge in [-0.25, -0.2) is 0 Å². The van der Waals surface area contributed by atoms with Gasteiger partial charge in [-0.15, -0.1) is 0 Å². The molecule has 0 fully saturated rings. The Morgan fingerprint density at radius 3 is 2.50 bits per heavy atom. The van der Waals surface area contributed by atoms with E-state index in [4.69, 9.17) is 0 Å². The zero-order valence-electron chi connectivity index (χ0n) is 9.91. The van der Waals surface area contributed by atoms with Gasteiger partial charge in [0, 0.05) is 15.4 Å². The highest BCUT2D eigenvalue weighted by Crippen LogP contribution is 2.34. The van der Waals surface area contributed by atoms with Gasteiger partial charge in [0.05, 0.1) is 0 Å². The second-order valence-electron chi connectivity index (χ2n) is 4.36. The van der Waals surface area contributed by atoms with E-state index in [1.807, 2.05) is 24.3 Å². The van der Waals surface area contributed by atoms with E-state index in [2.05, 4.69) is 40.2 Å². The van der Waals surface area contributed by atoms with E-state index < -0.39 is 0 Å². The van der Waals surface area contributed by atoms with Crippen LogP contribution in [-0.4, -0.2) is 5.78 Å². The summed E-state index contributed by atoms with van der Waals surface area (Å²) in [5.41, 5.74) is 0.769. The van der Waals surface area contributed by atoms with Gasteiger partial charge in [-0.2, -0.15) is 0 Å². The maximum atomic E-state index is 11.7. The summed E-state index contributed by atoms with van der Waals surface area (Å²) in [6, 6.07) is 16.2. The van der Waals surface area contributed by atoms with Crippen LogP contribution in [0.15, 0.2) is 53.0 Å². The fraction of sp³-hybridized carbons (Fsp3) is 0.0625. The van der Waals surface area contributed by atoms with Crippen molar-refractivity contribution in [3.8, 4) is 0 Å². The van der Waals surface area contributed by atoms with Crippen LogP contribution in [-0.2, 0) is 0 Å². The summed E-state index contributed by atoms with van der Waals surface area (Å²) in [5, 5.41) is 4.48. The van der Waals surface area contributed by atoms with Crippen molar-refractivity contribution < 1.29 is 4.79 Å². The molecule has 0 saturated heterocycles. The van der Waals surface area contributed by atoms with Crippen LogP contribution in [0.5, 0.6) is 0 Å². The molecule has 0 heterocycles. The first-order chi connectivity index (χ1) is 8.68. The van der Waals surface area contributed by atoms with Gasteiger partial charge in [0.1, 0.15) is 0 Å². The summed E-state index contributed by atoms with van der Waals surface area (Å²) >= 11 is 3.58. The Balaban J connectivity index is 2.59. The molecule has 0 radical (unpaired) electrons. The smallest absolute Gasteiger partial charge is 0.160 e. The van der Waals surface area contributed by atoms with Crippen LogP contribution in [0.3, 0.4) is 0 Å². The Morgan fingerprint density at radius 2 is 1.72 bits per heavy atom. The molecular weight excluding hydrogens is 288 g/mol. The highest BCUT2D eigenvalue weighted by molar-refractivity contribution is 9.10. The molecule has 88 valence electrons. The average Bonchev–Trinajstić information content (AvgIpc) is 2.38. The number of fused-ring (bicyclic) bond motifs is 3. The van der Waals surface area contributed by atoms with Gasteiger partial charge >= 0.3 is 0 Å². The van der Waals surface area contributed by atoms with Crippen molar-refractivity contribution in [3.05, 3.63) is 58.6 Å². The summed E-state index contributed by atoms with van der Waals surface area (Å²) in [5.74, 6) is 0.0941. The van der Waals surface area contributed by atoms with Crippen LogP contribution in [0.1, 0.15) is 17.3 Å². The summed E-state index contributed by atoms with van der Waals surface area (Å²) in [7, 11) is 0. The molecular formula is C16H11BrO. The van der Waals surface area contributed by atoms with Crippen LogP contribution in [0.4, 0.5) is 0 Å². The molecule has 0 aliphatic heterocycles. The third kappa shape index (κ3) is 1.65. The molecule has 0 aliphatic carbocycles. The fourth-order valence-electron chi connectivity index (χ4n) is 2.40. The predicted octanol–water partition coefficient (Wildman–Crippen LogP) is 4.96. The van der Waals surface area contributed by atoms with Crippen LogP contribution >= 0.6 is 15.9 Å². The van der Waals surface area contributed by atoms with Crippen molar-refractivity contribution >= 4 is 43.3 Å². The summed E-state index contributed by atoms with van der Waals surface area (Å²) in [6.07, 6.45) is 0. The van der Waals surface area contributed by atoms with E-state index in [0.29, 0.717) is 0 Å². The lowest BCUT2D eigenvalue weighted by molar-refractivity contribution is 0.101. The van der Waals surface area contributed by atoms with E-state index in [0.717, 1.165) is 20.8 Å². The Bertz CT molecular complexity index is 774. The number of ketones is 1. The normalized spacial score (nSPS) is 11.0. The first-order valence-corrected chi connectivity index (χ1v) is 6.58. The molecule has 3 aromatic rings. The van der Waals surface area contributed by atoms with Gasteiger partial charge in [0.25, 0.3) is 0 Å². The van der Waals surface area contributed by atoms with Gasteiger partial charge < -0.3 is 0 Å². The lowest BCUT2D eigenvalue weighted by Gasteiger charge is -2.09. The maximum absolute atomic E-state index is 11.7. The number of Topliss-reactive ketones (excluding diaryl/α,β-unsaturated/α-hetero) is 1. The highest BCUT2D eigenvalue weighted by atomic mass is 79.9. The van der Waals surface area contributed by atoms with Crippen LogP contribution in [0.25, 0.3) is 21.5 Å².